The van der Waals surface area contributed by atoms with E-state index in [2.05, 4.69) is 60.5 Å². The summed E-state index contributed by atoms with van der Waals surface area (Å²) in [6.07, 6.45) is 1.78. The second kappa shape index (κ2) is 5.31. The van der Waals surface area contributed by atoms with Gasteiger partial charge in [-0.15, -0.1) is 10.2 Å². The molecule has 0 saturated heterocycles. The third-order valence-corrected chi connectivity index (χ3v) is 3.53. The Morgan fingerprint density at radius 1 is 1.29 bits per heavy atom. The maximum absolute atomic E-state index is 4.20. The molecule has 90 valence electrons. The first-order valence-corrected chi connectivity index (χ1v) is 6.99. The van der Waals surface area contributed by atoms with Gasteiger partial charge in [-0.2, -0.15) is 0 Å². The van der Waals surface area contributed by atoms with Crippen LogP contribution in [0.15, 0.2) is 33.5 Å². The Labute approximate surface area is 118 Å². The van der Waals surface area contributed by atoms with Crippen LogP contribution in [-0.4, -0.2) is 14.8 Å². The van der Waals surface area contributed by atoms with Gasteiger partial charge in [-0.25, -0.2) is 0 Å². The number of benzene rings is 1. The predicted molar refractivity (Wildman–Crippen MR) is 75.7 cm³/mol. The molecule has 17 heavy (non-hydrogen) atoms. The van der Waals surface area contributed by atoms with Crippen molar-refractivity contribution in [3.63, 3.8) is 0 Å². The Kier molecular flexibility index (Phi) is 3.99. The molecule has 2 aromatic rings. The van der Waals surface area contributed by atoms with Crippen molar-refractivity contribution < 1.29 is 0 Å². The molecule has 0 spiro atoms. The van der Waals surface area contributed by atoms with E-state index in [0.717, 1.165) is 26.9 Å². The lowest BCUT2D eigenvalue weighted by atomic mass is 10.2. The summed E-state index contributed by atoms with van der Waals surface area (Å²) in [6, 6.07) is 6.05. The van der Waals surface area contributed by atoms with Gasteiger partial charge < -0.3 is 4.57 Å². The molecule has 0 aliphatic heterocycles. The normalized spacial score (nSPS) is 11.1. The molecular weight excluding hydrogens is 346 g/mol. The Morgan fingerprint density at radius 2 is 2.06 bits per heavy atom. The number of hydrogen-bond acceptors (Lipinski definition) is 2. The molecule has 1 aromatic heterocycles. The smallest absolute Gasteiger partial charge is 0.164 e. The van der Waals surface area contributed by atoms with E-state index in [4.69, 9.17) is 0 Å². The van der Waals surface area contributed by atoms with Gasteiger partial charge in [-0.3, -0.25) is 0 Å². The molecule has 1 aromatic carbocycles. The van der Waals surface area contributed by atoms with Crippen molar-refractivity contribution in [1.29, 1.82) is 0 Å². The molecule has 0 fully saturated rings. The molecule has 1 heterocycles. The second-order valence-corrected chi connectivity index (χ2v) is 6.09. The third-order valence-electron chi connectivity index (χ3n) is 2.35. The molecule has 0 N–H and O–H groups in total. The molecule has 0 bridgehead atoms. The van der Waals surface area contributed by atoms with E-state index in [1.54, 1.807) is 6.33 Å². The van der Waals surface area contributed by atoms with E-state index in [-0.39, 0.29) is 0 Å². The van der Waals surface area contributed by atoms with Crippen LogP contribution in [0, 0.1) is 5.92 Å². The lowest BCUT2D eigenvalue weighted by molar-refractivity contribution is 0.525. The first-order chi connectivity index (χ1) is 8.08. The predicted octanol–water partition coefficient (Wildman–Crippen LogP) is 4.13. The number of aromatic nitrogens is 3. The first kappa shape index (κ1) is 12.8. The van der Waals surface area contributed by atoms with E-state index in [0.29, 0.717) is 5.92 Å². The monoisotopic (exact) mass is 357 g/mol. The van der Waals surface area contributed by atoms with E-state index in [1.165, 1.54) is 0 Å². The summed E-state index contributed by atoms with van der Waals surface area (Å²) in [5, 5.41) is 8.20. The maximum atomic E-state index is 4.20. The Morgan fingerprint density at radius 3 is 2.76 bits per heavy atom. The zero-order chi connectivity index (χ0) is 12.4. The van der Waals surface area contributed by atoms with Crippen molar-refractivity contribution in [1.82, 2.24) is 14.8 Å². The largest absolute Gasteiger partial charge is 0.313 e. The summed E-state index contributed by atoms with van der Waals surface area (Å²) in [5.74, 6) is 1.46. The van der Waals surface area contributed by atoms with E-state index in [1.807, 2.05) is 18.2 Å². The van der Waals surface area contributed by atoms with Crippen LogP contribution in [0.5, 0.6) is 0 Å². The molecular formula is C12H13Br2N3. The average molecular weight is 359 g/mol. The van der Waals surface area contributed by atoms with Crippen LogP contribution in [0.2, 0.25) is 0 Å². The summed E-state index contributed by atoms with van der Waals surface area (Å²) in [7, 11) is 0. The summed E-state index contributed by atoms with van der Waals surface area (Å²) in [4.78, 5) is 0. The first-order valence-electron chi connectivity index (χ1n) is 5.41. The van der Waals surface area contributed by atoms with Crippen LogP contribution in [0.1, 0.15) is 13.8 Å². The Hall–Kier alpha value is -0.680. The average Bonchev–Trinajstić information content (AvgIpc) is 2.69. The van der Waals surface area contributed by atoms with Gasteiger partial charge in [0.2, 0.25) is 0 Å². The SMILES string of the molecule is CC(C)Cn1cnnc1-c1cc(Br)ccc1Br. The van der Waals surface area contributed by atoms with Crippen molar-refractivity contribution in [3.8, 4) is 11.4 Å². The molecule has 0 aliphatic carbocycles. The lowest BCUT2D eigenvalue weighted by Gasteiger charge is -2.10. The van der Waals surface area contributed by atoms with Crippen LogP contribution < -0.4 is 0 Å². The molecule has 0 radical (unpaired) electrons. The molecule has 5 heteroatoms. The fraction of sp³-hybridized carbons (Fsp3) is 0.333. The minimum Gasteiger partial charge on any atom is -0.313 e. The minimum atomic E-state index is 0.565. The van der Waals surface area contributed by atoms with E-state index < -0.39 is 0 Å². The van der Waals surface area contributed by atoms with Gasteiger partial charge in [0.1, 0.15) is 6.33 Å². The van der Waals surface area contributed by atoms with Crippen LogP contribution in [0.3, 0.4) is 0 Å². The molecule has 3 nitrogen and oxygen atoms in total. The number of hydrogen-bond donors (Lipinski definition) is 0. The van der Waals surface area contributed by atoms with Crippen LogP contribution in [0.25, 0.3) is 11.4 Å². The van der Waals surface area contributed by atoms with E-state index in [9.17, 15) is 0 Å². The summed E-state index contributed by atoms with van der Waals surface area (Å²) >= 11 is 7.03. The second-order valence-electron chi connectivity index (χ2n) is 4.32. The van der Waals surface area contributed by atoms with Gasteiger partial charge in [-0.05, 0) is 24.1 Å². The molecule has 0 atom stereocenters. The lowest BCUT2D eigenvalue weighted by Crippen LogP contribution is -2.05. The van der Waals surface area contributed by atoms with Gasteiger partial charge >= 0.3 is 0 Å². The van der Waals surface area contributed by atoms with Gasteiger partial charge in [0, 0.05) is 21.1 Å². The zero-order valence-corrected chi connectivity index (χ0v) is 12.9. The van der Waals surface area contributed by atoms with Crippen molar-refractivity contribution in [3.05, 3.63) is 33.5 Å². The highest BCUT2D eigenvalue weighted by Crippen LogP contribution is 2.29. The molecule has 2 rings (SSSR count). The molecule has 0 unspecified atom stereocenters. The Bertz CT molecular complexity index is 520. The van der Waals surface area contributed by atoms with Crippen LogP contribution >= 0.6 is 31.9 Å². The van der Waals surface area contributed by atoms with Crippen molar-refractivity contribution in [2.75, 3.05) is 0 Å². The Balaban J connectivity index is 2.45. The minimum absolute atomic E-state index is 0.565. The molecule has 0 amide bonds. The van der Waals surface area contributed by atoms with E-state index >= 15 is 0 Å². The van der Waals surface area contributed by atoms with Crippen molar-refractivity contribution >= 4 is 31.9 Å². The highest BCUT2D eigenvalue weighted by Gasteiger charge is 2.12. The molecule has 0 aliphatic rings. The van der Waals surface area contributed by atoms with Gasteiger partial charge in [-0.1, -0.05) is 45.7 Å². The highest BCUT2D eigenvalue weighted by atomic mass is 79.9. The van der Waals surface area contributed by atoms with Crippen LogP contribution in [0.4, 0.5) is 0 Å². The fourth-order valence-electron chi connectivity index (χ4n) is 1.66. The summed E-state index contributed by atoms with van der Waals surface area (Å²) in [6.45, 7) is 5.28. The number of nitrogens with zero attached hydrogens (tertiary/aromatic N) is 3. The number of halogens is 2. The highest BCUT2D eigenvalue weighted by molar-refractivity contribution is 9.11. The topological polar surface area (TPSA) is 30.7 Å². The number of rotatable bonds is 3. The van der Waals surface area contributed by atoms with Gasteiger partial charge in [0.15, 0.2) is 5.82 Å². The van der Waals surface area contributed by atoms with Gasteiger partial charge in [0.05, 0.1) is 0 Å². The fourth-order valence-corrected chi connectivity index (χ4v) is 2.44. The third kappa shape index (κ3) is 2.96. The maximum Gasteiger partial charge on any atom is 0.164 e. The summed E-state index contributed by atoms with van der Waals surface area (Å²) in [5.41, 5.74) is 1.05. The quantitative estimate of drug-likeness (QED) is 0.825. The molecule has 0 saturated carbocycles. The van der Waals surface area contributed by atoms with Gasteiger partial charge in [0.25, 0.3) is 0 Å². The van der Waals surface area contributed by atoms with Crippen molar-refractivity contribution in [2.45, 2.75) is 20.4 Å². The van der Waals surface area contributed by atoms with Crippen molar-refractivity contribution in [2.24, 2.45) is 5.92 Å². The summed E-state index contributed by atoms with van der Waals surface area (Å²) < 4.78 is 4.14. The zero-order valence-electron chi connectivity index (χ0n) is 9.69. The van der Waals surface area contributed by atoms with Crippen LogP contribution in [-0.2, 0) is 6.54 Å². The standard InChI is InChI=1S/C12H13Br2N3/c1-8(2)6-17-7-15-16-12(17)10-5-9(13)3-4-11(10)14/h3-5,7-8H,6H2,1-2H3.